The highest BCUT2D eigenvalue weighted by Gasteiger charge is 2.26. The quantitative estimate of drug-likeness (QED) is 0.822. The third-order valence-corrected chi connectivity index (χ3v) is 4.38. The number of hydrogen-bond donors (Lipinski definition) is 1. The van der Waals surface area contributed by atoms with Crippen LogP contribution in [0.4, 0.5) is 11.4 Å². The largest absolute Gasteiger partial charge is 0.459 e. The van der Waals surface area contributed by atoms with Gasteiger partial charge in [0.25, 0.3) is 5.91 Å². The molecule has 0 bridgehead atoms. The molecule has 1 heterocycles. The number of hydrogen-bond acceptors (Lipinski definition) is 4. The summed E-state index contributed by atoms with van der Waals surface area (Å²) in [4.78, 5) is 16.8. The molecular formula is C19H27N3O2. The van der Waals surface area contributed by atoms with Gasteiger partial charge in [0.2, 0.25) is 0 Å². The Hall–Kier alpha value is -2.43. The first-order valence-corrected chi connectivity index (χ1v) is 8.21. The molecular weight excluding hydrogens is 302 g/mol. The van der Waals surface area contributed by atoms with Crippen molar-refractivity contribution >= 4 is 17.3 Å². The topological polar surface area (TPSA) is 62.7 Å². The fourth-order valence-electron chi connectivity index (χ4n) is 2.65. The summed E-state index contributed by atoms with van der Waals surface area (Å²) < 4.78 is 5.32. The van der Waals surface area contributed by atoms with Crippen molar-refractivity contribution in [3.63, 3.8) is 0 Å². The van der Waals surface area contributed by atoms with Crippen LogP contribution < -0.4 is 10.6 Å². The van der Waals surface area contributed by atoms with Gasteiger partial charge in [0.05, 0.1) is 6.26 Å². The lowest BCUT2D eigenvalue weighted by molar-refractivity contribution is 0.0595. The third kappa shape index (κ3) is 3.91. The zero-order valence-electron chi connectivity index (χ0n) is 15.1. The number of furan rings is 1. The van der Waals surface area contributed by atoms with Crippen LogP contribution in [0.25, 0.3) is 0 Å². The number of benzene rings is 1. The molecule has 0 radical (unpaired) electrons. The van der Waals surface area contributed by atoms with Crippen LogP contribution in [0, 0.1) is 5.92 Å². The molecule has 24 heavy (non-hydrogen) atoms. The van der Waals surface area contributed by atoms with Crippen LogP contribution in [0.2, 0.25) is 0 Å². The second kappa shape index (κ2) is 7.43. The Morgan fingerprint density at radius 3 is 2.46 bits per heavy atom. The molecule has 2 aromatic rings. The molecule has 0 spiro atoms. The van der Waals surface area contributed by atoms with E-state index < -0.39 is 0 Å². The number of rotatable bonds is 6. The number of nitrogens with zero attached hydrogens (tertiary/aromatic N) is 2. The van der Waals surface area contributed by atoms with Crippen LogP contribution in [-0.4, -0.2) is 30.9 Å². The van der Waals surface area contributed by atoms with Crippen molar-refractivity contribution in [1.29, 1.82) is 0 Å². The summed E-state index contributed by atoms with van der Waals surface area (Å²) in [6, 6.07) is 9.30. The standard InChI is InChI=1S/C19H27N3O2/c1-13(2)14(3)22(19(23)18-7-6-10-24-18)12-15-11-16(20)8-9-17(15)21(4)5/h6-11,13-14H,12,20H2,1-5H3/t14-/m1/s1. The van der Waals surface area contributed by atoms with Crippen LogP contribution in [0.1, 0.15) is 36.9 Å². The van der Waals surface area contributed by atoms with Crippen molar-refractivity contribution in [1.82, 2.24) is 4.90 Å². The van der Waals surface area contributed by atoms with Gasteiger partial charge in [-0.1, -0.05) is 13.8 Å². The lowest BCUT2D eigenvalue weighted by atomic mass is 10.0. The number of anilines is 2. The minimum absolute atomic E-state index is 0.0686. The summed E-state index contributed by atoms with van der Waals surface area (Å²) in [7, 11) is 3.97. The van der Waals surface area contributed by atoms with Crippen LogP contribution in [0.3, 0.4) is 0 Å². The monoisotopic (exact) mass is 329 g/mol. The Morgan fingerprint density at radius 1 is 1.21 bits per heavy atom. The van der Waals surface area contributed by atoms with Gasteiger partial charge in [-0.2, -0.15) is 0 Å². The summed E-state index contributed by atoms with van der Waals surface area (Å²) in [6.45, 7) is 6.77. The minimum atomic E-state index is -0.103. The molecule has 0 saturated heterocycles. The smallest absolute Gasteiger partial charge is 0.290 e. The van der Waals surface area contributed by atoms with E-state index in [4.69, 9.17) is 10.2 Å². The van der Waals surface area contributed by atoms with Gasteiger partial charge >= 0.3 is 0 Å². The van der Waals surface area contributed by atoms with E-state index in [-0.39, 0.29) is 11.9 Å². The molecule has 1 aromatic carbocycles. The average Bonchev–Trinajstić information content (AvgIpc) is 3.05. The Kier molecular flexibility index (Phi) is 5.54. The van der Waals surface area contributed by atoms with Crippen molar-refractivity contribution in [2.75, 3.05) is 24.7 Å². The SMILES string of the molecule is CC(C)[C@@H](C)N(Cc1cc(N)ccc1N(C)C)C(=O)c1ccco1. The van der Waals surface area contributed by atoms with Crippen LogP contribution in [-0.2, 0) is 6.54 Å². The molecule has 2 rings (SSSR count). The van der Waals surface area contributed by atoms with Gasteiger partial charge in [-0.15, -0.1) is 0 Å². The summed E-state index contributed by atoms with van der Waals surface area (Å²) in [6.07, 6.45) is 1.53. The van der Waals surface area contributed by atoms with Crippen molar-refractivity contribution in [2.45, 2.75) is 33.4 Å². The molecule has 1 atom stereocenters. The van der Waals surface area contributed by atoms with E-state index in [1.54, 1.807) is 12.1 Å². The first-order valence-electron chi connectivity index (χ1n) is 8.21. The number of amides is 1. The van der Waals surface area contributed by atoms with Gasteiger partial charge < -0.3 is 20.0 Å². The highest BCUT2D eigenvalue weighted by Crippen LogP contribution is 2.26. The third-order valence-electron chi connectivity index (χ3n) is 4.38. The normalized spacial score (nSPS) is 12.2. The summed E-state index contributed by atoms with van der Waals surface area (Å²) in [5.41, 5.74) is 8.74. The van der Waals surface area contributed by atoms with Gasteiger partial charge in [0, 0.05) is 38.1 Å². The Balaban J connectivity index is 2.39. The molecule has 0 aliphatic carbocycles. The molecule has 130 valence electrons. The van der Waals surface area contributed by atoms with E-state index in [9.17, 15) is 4.79 Å². The average molecular weight is 329 g/mol. The summed E-state index contributed by atoms with van der Waals surface area (Å²) in [5, 5.41) is 0. The van der Waals surface area contributed by atoms with E-state index in [0.29, 0.717) is 23.9 Å². The van der Waals surface area contributed by atoms with E-state index in [1.165, 1.54) is 6.26 Å². The maximum absolute atomic E-state index is 12.9. The van der Waals surface area contributed by atoms with E-state index >= 15 is 0 Å². The van der Waals surface area contributed by atoms with Gasteiger partial charge in [0.1, 0.15) is 0 Å². The van der Waals surface area contributed by atoms with Gasteiger partial charge in [0.15, 0.2) is 5.76 Å². The van der Waals surface area contributed by atoms with E-state index in [0.717, 1.165) is 11.3 Å². The highest BCUT2D eigenvalue weighted by molar-refractivity contribution is 5.91. The fourth-order valence-corrected chi connectivity index (χ4v) is 2.65. The molecule has 1 amide bonds. The minimum Gasteiger partial charge on any atom is -0.459 e. The number of nitrogen functional groups attached to an aromatic ring is 1. The summed E-state index contributed by atoms with van der Waals surface area (Å²) >= 11 is 0. The van der Waals surface area contributed by atoms with Crippen LogP contribution >= 0.6 is 0 Å². The van der Waals surface area contributed by atoms with Crippen molar-refractivity contribution in [3.05, 3.63) is 47.9 Å². The maximum atomic E-state index is 12.9. The molecule has 0 fully saturated rings. The molecule has 5 nitrogen and oxygen atoms in total. The number of carbonyl (C=O) groups is 1. The van der Waals surface area contributed by atoms with Crippen LogP contribution in [0.15, 0.2) is 41.0 Å². The molecule has 0 saturated carbocycles. The van der Waals surface area contributed by atoms with Crippen molar-refractivity contribution in [2.24, 2.45) is 5.92 Å². The van der Waals surface area contributed by atoms with E-state index in [1.807, 2.05) is 42.1 Å². The molecule has 5 heteroatoms. The zero-order chi connectivity index (χ0) is 17.9. The van der Waals surface area contributed by atoms with Gasteiger partial charge in [-0.3, -0.25) is 4.79 Å². The second-order valence-corrected chi connectivity index (χ2v) is 6.68. The first kappa shape index (κ1) is 17.9. The zero-order valence-corrected chi connectivity index (χ0v) is 15.1. The second-order valence-electron chi connectivity index (χ2n) is 6.68. The summed E-state index contributed by atoms with van der Waals surface area (Å²) in [5.74, 6) is 0.582. The molecule has 0 unspecified atom stereocenters. The highest BCUT2D eigenvalue weighted by atomic mass is 16.3. The number of nitrogens with two attached hydrogens (primary N) is 1. The first-order chi connectivity index (χ1) is 11.3. The van der Waals surface area contributed by atoms with Crippen molar-refractivity contribution < 1.29 is 9.21 Å². The lowest BCUT2D eigenvalue weighted by Gasteiger charge is -2.32. The predicted octanol–water partition coefficient (Wildman–Crippen LogP) is 3.61. The predicted molar refractivity (Wildman–Crippen MR) is 98.1 cm³/mol. The maximum Gasteiger partial charge on any atom is 0.290 e. The molecule has 0 aliphatic heterocycles. The van der Waals surface area contributed by atoms with Crippen molar-refractivity contribution in [3.8, 4) is 0 Å². The Labute approximate surface area is 144 Å². The molecule has 0 aliphatic rings. The Morgan fingerprint density at radius 2 is 1.92 bits per heavy atom. The van der Waals surface area contributed by atoms with E-state index in [2.05, 4.69) is 20.8 Å². The fraction of sp³-hybridized carbons (Fsp3) is 0.421. The molecule has 1 aromatic heterocycles. The lowest BCUT2D eigenvalue weighted by Crippen LogP contribution is -2.41. The van der Waals surface area contributed by atoms with Gasteiger partial charge in [-0.05, 0) is 48.7 Å². The molecule has 2 N–H and O–H groups in total. The van der Waals surface area contributed by atoms with Gasteiger partial charge in [-0.25, -0.2) is 0 Å². The number of carbonyl (C=O) groups excluding carboxylic acids is 1. The van der Waals surface area contributed by atoms with Crippen LogP contribution in [0.5, 0.6) is 0 Å². The Bertz CT molecular complexity index is 678.